The predicted octanol–water partition coefficient (Wildman–Crippen LogP) is 8.37. The standard InChI is InChI=1S/C30H29NS/c1-19(2)21(4)23-15-16-31(5)27(17-23)29-20(3)11-13-26-25-14-12-24(18-28(25)32-30(26)29)22-9-7-6-8-10-22/h6-19,21H,5H2,1-4H3. The van der Waals surface area contributed by atoms with E-state index < -0.39 is 0 Å². The Morgan fingerprint density at radius 2 is 1.72 bits per heavy atom. The van der Waals surface area contributed by atoms with Crippen molar-refractivity contribution in [1.29, 1.82) is 0 Å². The third kappa shape index (κ3) is 3.49. The summed E-state index contributed by atoms with van der Waals surface area (Å²) in [5, 5.41) is 2.65. The Morgan fingerprint density at radius 3 is 2.47 bits per heavy atom. The van der Waals surface area contributed by atoms with E-state index in [9.17, 15) is 0 Å². The zero-order valence-corrected chi connectivity index (χ0v) is 20.0. The monoisotopic (exact) mass is 435 g/mol. The van der Waals surface area contributed by atoms with Gasteiger partial charge in [0.2, 0.25) is 0 Å². The van der Waals surface area contributed by atoms with Crippen LogP contribution < -0.4 is 0 Å². The molecule has 3 aromatic carbocycles. The molecule has 0 bridgehead atoms. The highest BCUT2D eigenvalue weighted by Gasteiger charge is 2.26. The minimum Gasteiger partial charge on any atom is -0.255 e. The maximum atomic E-state index is 4.32. The van der Waals surface area contributed by atoms with Gasteiger partial charge in [-0.2, -0.15) is 0 Å². The van der Waals surface area contributed by atoms with Gasteiger partial charge in [-0.1, -0.05) is 110 Å². The molecule has 1 nitrogen and oxygen atoms in total. The van der Waals surface area contributed by atoms with Crippen molar-refractivity contribution < 1.29 is 4.58 Å². The van der Waals surface area contributed by atoms with Gasteiger partial charge in [-0.3, -0.25) is 4.58 Å². The Bertz CT molecular complexity index is 1380. The predicted molar refractivity (Wildman–Crippen MR) is 140 cm³/mol. The lowest BCUT2D eigenvalue weighted by Crippen LogP contribution is -2.19. The molecule has 32 heavy (non-hydrogen) atoms. The third-order valence-electron chi connectivity index (χ3n) is 6.80. The van der Waals surface area contributed by atoms with E-state index >= 15 is 0 Å². The molecule has 0 N–H and O–H groups in total. The summed E-state index contributed by atoms with van der Waals surface area (Å²) in [6, 6.07) is 23.2. The number of aryl methyl sites for hydroxylation is 1. The van der Waals surface area contributed by atoms with Gasteiger partial charge in [0.15, 0.2) is 15.4 Å². The van der Waals surface area contributed by atoms with Crippen LogP contribution in [0.15, 0.2) is 84.6 Å². The molecule has 0 amide bonds. The Kier molecular flexibility index (Phi) is 5.27. The minimum absolute atomic E-state index is 0.505. The molecular formula is C30H29NS. The summed E-state index contributed by atoms with van der Waals surface area (Å²) in [5.74, 6) is 1.10. The average molecular weight is 436 g/mol. The van der Waals surface area contributed by atoms with Gasteiger partial charge in [0.25, 0.3) is 0 Å². The topological polar surface area (TPSA) is 3.01 Å². The minimum atomic E-state index is 0.505. The average Bonchev–Trinajstić information content (AvgIpc) is 3.17. The van der Waals surface area contributed by atoms with Crippen LogP contribution in [-0.4, -0.2) is 11.3 Å². The number of thiophene rings is 1. The van der Waals surface area contributed by atoms with Crippen molar-refractivity contribution in [2.45, 2.75) is 27.7 Å². The molecule has 1 aromatic heterocycles. The van der Waals surface area contributed by atoms with Crippen molar-refractivity contribution in [2.24, 2.45) is 11.8 Å². The van der Waals surface area contributed by atoms with Crippen LogP contribution in [0.5, 0.6) is 0 Å². The number of hydrogen-bond donors (Lipinski definition) is 0. The second kappa shape index (κ2) is 8.11. The van der Waals surface area contributed by atoms with Crippen LogP contribution in [0, 0.1) is 24.8 Å². The molecule has 1 unspecified atom stereocenters. The molecule has 0 aliphatic carbocycles. The molecule has 0 saturated heterocycles. The summed E-state index contributed by atoms with van der Waals surface area (Å²) in [7, 11) is 0. The molecule has 0 saturated carbocycles. The van der Waals surface area contributed by atoms with E-state index in [2.05, 4.69) is 113 Å². The fraction of sp³-hybridized carbons (Fsp3) is 0.200. The molecule has 0 spiro atoms. The van der Waals surface area contributed by atoms with Gasteiger partial charge < -0.3 is 0 Å². The van der Waals surface area contributed by atoms with Crippen LogP contribution in [-0.2, 0) is 0 Å². The maximum Gasteiger partial charge on any atom is 0.159 e. The van der Waals surface area contributed by atoms with Crippen LogP contribution in [0.25, 0.3) is 31.3 Å². The number of allylic oxidation sites excluding steroid dienone is 2. The number of fused-ring (bicyclic) bond motifs is 3. The number of rotatable bonds is 4. The zero-order chi connectivity index (χ0) is 22.4. The second-order valence-corrected chi connectivity index (χ2v) is 10.2. The first-order valence-corrected chi connectivity index (χ1v) is 12.1. The molecule has 0 radical (unpaired) electrons. The van der Waals surface area contributed by atoms with Crippen molar-refractivity contribution in [3.8, 4) is 11.1 Å². The summed E-state index contributed by atoms with van der Waals surface area (Å²) in [5.41, 5.74) is 6.49. The molecular weight excluding hydrogens is 406 g/mol. The third-order valence-corrected chi connectivity index (χ3v) is 7.98. The summed E-state index contributed by atoms with van der Waals surface area (Å²) >= 11 is 1.89. The first-order valence-electron chi connectivity index (χ1n) is 11.3. The van der Waals surface area contributed by atoms with Gasteiger partial charge in [0.1, 0.15) is 17.5 Å². The van der Waals surface area contributed by atoms with Crippen LogP contribution in [0.3, 0.4) is 0 Å². The summed E-state index contributed by atoms with van der Waals surface area (Å²) in [6.07, 6.45) is 6.68. The Hall–Kier alpha value is -3.10. The van der Waals surface area contributed by atoms with Crippen molar-refractivity contribution >= 4 is 38.2 Å². The lowest BCUT2D eigenvalue weighted by molar-refractivity contribution is -0.418. The Labute approximate surface area is 195 Å². The molecule has 1 aliphatic rings. The van der Waals surface area contributed by atoms with Crippen molar-refractivity contribution in [3.63, 3.8) is 0 Å². The van der Waals surface area contributed by atoms with Gasteiger partial charge >= 0.3 is 0 Å². The van der Waals surface area contributed by atoms with E-state index in [4.69, 9.17) is 0 Å². The van der Waals surface area contributed by atoms with Crippen molar-refractivity contribution in [1.82, 2.24) is 0 Å². The molecule has 2 heterocycles. The van der Waals surface area contributed by atoms with Gasteiger partial charge in [-0.25, -0.2) is 0 Å². The number of benzene rings is 3. The van der Waals surface area contributed by atoms with E-state index in [0.29, 0.717) is 11.8 Å². The number of hydrogen-bond acceptors (Lipinski definition) is 0. The molecule has 160 valence electrons. The quantitative estimate of drug-likeness (QED) is 0.172. The van der Waals surface area contributed by atoms with Crippen molar-refractivity contribution in [3.05, 3.63) is 102 Å². The lowest BCUT2D eigenvalue weighted by atomic mass is 9.86. The highest BCUT2D eigenvalue weighted by Crippen LogP contribution is 2.42. The van der Waals surface area contributed by atoms with Crippen LogP contribution in [0.1, 0.15) is 31.9 Å². The molecule has 1 aliphatic heterocycles. The van der Waals surface area contributed by atoms with E-state index in [0.717, 1.165) is 0 Å². The van der Waals surface area contributed by atoms with Gasteiger partial charge in [0.05, 0.1) is 6.72 Å². The lowest BCUT2D eigenvalue weighted by Gasteiger charge is -2.25. The highest BCUT2D eigenvalue weighted by molar-refractivity contribution is 7.26. The normalized spacial score (nSPS) is 15.1. The van der Waals surface area contributed by atoms with Gasteiger partial charge in [0, 0.05) is 5.56 Å². The number of nitrogens with zero attached hydrogens (tertiary/aromatic N) is 1. The fourth-order valence-electron chi connectivity index (χ4n) is 4.50. The SMILES string of the molecule is C=[N+]1C=CC(C(C)C(C)C)=C[C-]1c1c(C)ccc2c1[s+][c-]1cc(-c3ccccc3)ccc21. The molecule has 5 rings (SSSR count). The van der Waals surface area contributed by atoms with E-state index in [-0.39, 0.29) is 0 Å². The Balaban J connectivity index is 1.68. The fourth-order valence-corrected chi connectivity index (χ4v) is 5.85. The Morgan fingerprint density at radius 1 is 0.938 bits per heavy atom. The van der Waals surface area contributed by atoms with Crippen LogP contribution in [0.2, 0.25) is 0 Å². The van der Waals surface area contributed by atoms with E-state index in [1.54, 1.807) is 0 Å². The molecule has 0 fully saturated rings. The molecule has 4 aromatic rings. The summed E-state index contributed by atoms with van der Waals surface area (Å²) in [4.78, 5) is 0. The molecule has 2 heteroatoms. The van der Waals surface area contributed by atoms with Crippen LogP contribution in [0.4, 0.5) is 0 Å². The van der Waals surface area contributed by atoms with Gasteiger partial charge in [-0.15, -0.1) is 12.1 Å². The first kappa shape index (κ1) is 20.8. The van der Waals surface area contributed by atoms with Crippen LogP contribution >= 0.6 is 11.3 Å². The zero-order valence-electron chi connectivity index (χ0n) is 19.2. The first-order chi connectivity index (χ1) is 15.4. The van der Waals surface area contributed by atoms with E-state index in [1.807, 2.05) is 15.9 Å². The smallest absolute Gasteiger partial charge is 0.159 e. The maximum absolute atomic E-state index is 4.32. The van der Waals surface area contributed by atoms with Crippen molar-refractivity contribution in [2.75, 3.05) is 0 Å². The largest absolute Gasteiger partial charge is 0.255 e. The van der Waals surface area contributed by atoms with E-state index in [1.165, 1.54) is 54.0 Å². The summed E-state index contributed by atoms with van der Waals surface area (Å²) in [6.45, 7) is 13.4. The van der Waals surface area contributed by atoms with Gasteiger partial charge in [-0.05, 0) is 23.3 Å². The highest BCUT2D eigenvalue weighted by atomic mass is 32.1. The second-order valence-electron chi connectivity index (χ2n) is 9.16. The summed E-state index contributed by atoms with van der Waals surface area (Å²) < 4.78 is 4.70. The molecule has 1 atom stereocenters.